The van der Waals surface area contributed by atoms with Crippen LogP contribution in [0.15, 0.2) is 22.7 Å². The van der Waals surface area contributed by atoms with E-state index in [0.29, 0.717) is 19.4 Å². The van der Waals surface area contributed by atoms with E-state index in [9.17, 15) is 9.59 Å². The first-order valence-corrected chi connectivity index (χ1v) is 7.04. The van der Waals surface area contributed by atoms with E-state index in [2.05, 4.69) is 21.2 Å². The van der Waals surface area contributed by atoms with E-state index in [0.717, 1.165) is 15.7 Å². The van der Waals surface area contributed by atoms with E-state index in [1.54, 1.807) is 6.92 Å². The van der Waals surface area contributed by atoms with Gasteiger partial charge in [0.05, 0.1) is 6.61 Å². The van der Waals surface area contributed by atoms with Crippen molar-refractivity contribution in [2.45, 2.75) is 26.7 Å². The van der Waals surface area contributed by atoms with Crippen LogP contribution in [0.3, 0.4) is 0 Å². The molecule has 102 valence electrons. The number of halogens is 1. The highest BCUT2D eigenvalue weighted by molar-refractivity contribution is 9.10. The maximum Gasteiger partial charge on any atom is 0.321 e. The summed E-state index contributed by atoms with van der Waals surface area (Å²) < 4.78 is 5.92. The summed E-state index contributed by atoms with van der Waals surface area (Å²) in [6.07, 6.45) is 1.13. The fourth-order valence-corrected chi connectivity index (χ4v) is 2.40. The summed E-state index contributed by atoms with van der Waals surface area (Å²) in [7, 11) is 0. The van der Waals surface area contributed by atoms with Gasteiger partial charge in [0, 0.05) is 10.2 Å². The fourth-order valence-electron chi connectivity index (χ4n) is 1.93. The molecule has 0 bridgehead atoms. The van der Waals surface area contributed by atoms with E-state index >= 15 is 0 Å². The molecule has 1 N–H and O–H groups in total. The van der Waals surface area contributed by atoms with Crippen molar-refractivity contribution in [1.29, 1.82) is 0 Å². The van der Waals surface area contributed by atoms with Gasteiger partial charge in [0.25, 0.3) is 0 Å². The predicted molar refractivity (Wildman–Crippen MR) is 75.8 cm³/mol. The van der Waals surface area contributed by atoms with Crippen LogP contribution >= 0.6 is 15.9 Å². The highest BCUT2D eigenvalue weighted by Gasteiger charge is 2.58. The van der Waals surface area contributed by atoms with E-state index in [1.807, 2.05) is 25.1 Å². The second kappa shape index (κ2) is 5.33. The van der Waals surface area contributed by atoms with Crippen LogP contribution < -0.4 is 5.32 Å². The van der Waals surface area contributed by atoms with Crippen LogP contribution in [0.2, 0.25) is 0 Å². The maximum atomic E-state index is 12.2. The first-order chi connectivity index (χ1) is 8.99. The van der Waals surface area contributed by atoms with Crippen molar-refractivity contribution in [2.24, 2.45) is 5.41 Å². The van der Waals surface area contributed by atoms with Gasteiger partial charge >= 0.3 is 5.97 Å². The summed E-state index contributed by atoms with van der Waals surface area (Å²) in [6.45, 7) is 3.94. The van der Waals surface area contributed by atoms with Gasteiger partial charge in [-0.05, 0) is 50.5 Å². The largest absolute Gasteiger partial charge is 0.465 e. The molecule has 5 heteroatoms. The zero-order valence-corrected chi connectivity index (χ0v) is 12.5. The van der Waals surface area contributed by atoms with Gasteiger partial charge in [-0.2, -0.15) is 0 Å². The molecule has 1 amide bonds. The summed E-state index contributed by atoms with van der Waals surface area (Å²) in [6, 6.07) is 5.59. The molecule has 0 saturated heterocycles. The third kappa shape index (κ3) is 2.81. The highest BCUT2D eigenvalue weighted by atomic mass is 79.9. The van der Waals surface area contributed by atoms with Crippen molar-refractivity contribution in [3.63, 3.8) is 0 Å². The van der Waals surface area contributed by atoms with Crippen LogP contribution in [0.4, 0.5) is 5.69 Å². The highest BCUT2D eigenvalue weighted by Crippen LogP contribution is 2.47. The van der Waals surface area contributed by atoms with Gasteiger partial charge in [-0.25, -0.2) is 0 Å². The normalized spacial score (nSPS) is 15.7. The first kappa shape index (κ1) is 14.1. The summed E-state index contributed by atoms with van der Waals surface area (Å²) in [5, 5.41) is 2.82. The number of nitrogens with one attached hydrogen (secondary N) is 1. The molecule has 0 aliphatic heterocycles. The van der Waals surface area contributed by atoms with Crippen LogP contribution in [0.25, 0.3) is 0 Å². The lowest BCUT2D eigenvalue weighted by atomic mass is 10.1. The molecule has 4 nitrogen and oxygen atoms in total. The average molecular weight is 326 g/mol. The third-order valence-electron chi connectivity index (χ3n) is 3.29. The van der Waals surface area contributed by atoms with Crippen molar-refractivity contribution >= 4 is 33.5 Å². The van der Waals surface area contributed by atoms with Crippen molar-refractivity contribution in [3.05, 3.63) is 28.2 Å². The molecule has 0 radical (unpaired) electrons. The molecule has 1 aliphatic carbocycles. The molecule has 0 atom stereocenters. The van der Waals surface area contributed by atoms with E-state index < -0.39 is 11.4 Å². The van der Waals surface area contributed by atoms with Crippen molar-refractivity contribution in [2.75, 3.05) is 11.9 Å². The van der Waals surface area contributed by atoms with Gasteiger partial charge < -0.3 is 10.1 Å². The fraction of sp³-hybridized carbons (Fsp3) is 0.429. The Morgan fingerprint density at radius 3 is 2.63 bits per heavy atom. The van der Waals surface area contributed by atoms with Crippen LogP contribution in [-0.4, -0.2) is 18.5 Å². The number of carbonyl (C=O) groups is 2. The Labute approximate surface area is 120 Å². The molecule has 1 aliphatic rings. The van der Waals surface area contributed by atoms with E-state index in [1.165, 1.54) is 0 Å². The van der Waals surface area contributed by atoms with Crippen molar-refractivity contribution in [1.82, 2.24) is 0 Å². The molecule has 0 unspecified atom stereocenters. The Bertz CT molecular complexity index is 523. The number of hydrogen-bond acceptors (Lipinski definition) is 3. The second-order valence-corrected chi connectivity index (χ2v) is 5.63. The molecule has 1 aromatic rings. The predicted octanol–water partition coefficient (Wildman–Crippen LogP) is 3.04. The average Bonchev–Trinajstić information content (AvgIpc) is 3.14. The van der Waals surface area contributed by atoms with Crippen LogP contribution in [0, 0.1) is 12.3 Å². The topological polar surface area (TPSA) is 55.4 Å². The molecule has 1 saturated carbocycles. The van der Waals surface area contributed by atoms with E-state index in [4.69, 9.17) is 4.74 Å². The number of benzene rings is 1. The minimum absolute atomic E-state index is 0.267. The van der Waals surface area contributed by atoms with Gasteiger partial charge in [-0.1, -0.05) is 15.9 Å². The SMILES string of the molecule is CCOC(=O)C1(C(=O)Nc2ccc(Br)cc2C)CC1. The quantitative estimate of drug-likeness (QED) is 0.683. The van der Waals surface area contributed by atoms with E-state index in [-0.39, 0.29) is 5.91 Å². The first-order valence-electron chi connectivity index (χ1n) is 6.24. The zero-order chi connectivity index (χ0) is 14.0. The van der Waals surface area contributed by atoms with Crippen LogP contribution in [0.5, 0.6) is 0 Å². The minimum atomic E-state index is -0.963. The Balaban J connectivity index is 2.11. The zero-order valence-electron chi connectivity index (χ0n) is 11.0. The number of aryl methyl sites for hydroxylation is 1. The van der Waals surface area contributed by atoms with Crippen molar-refractivity contribution < 1.29 is 14.3 Å². The molecule has 1 aromatic carbocycles. The molecule has 19 heavy (non-hydrogen) atoms. The molecular formula is C14H16BrNO3. The number of amides is 1. The monoisotopic (exact) mass is 325 g/mol. The number of anilines is 1. The lowest BCUT2D eigenvalue weighted by Crippen LogP contribution is -2.33. The standard InChI is InChI=1S/C14H16BrNO3/c1-3-19-13(18)14(6-7-14)12(17)16-11-5-4-10(15)8-9(11)2/h4-5,8H,3,6-7H2,1-2H3,(H,16,17). The summed E-state index contributed by atoms with van der Waals surface area (Å²) >= 11 is 3.37. The number of hydrogen-bond donors (Lipinski definition) is 1. The molecule has 2 rings (SSSR count). The van der Waals surface area contributed by atoms with Gasteiger partial charge in [0.15, 0.2) is 0 Å². The number of esters is 1. The molecular weight excluding hydrogens is 310 g/mol. The lowest BCUT2D eigenvalue weighted by molar-refractivity contribution is -0.152. The smallest absolute Gasteiger partial charge is 0.321 e. The lowest BCUT2D eigenvalue weighted by Gasteiger charge is -2.15. The summed E-state index contributed by atoms with van der Waals surface area (Å²) in [5.74, 6) is -0.682. The Hall–Kier alpha value is -1.36. The van der Waals surface area contributed by atoms with Gasteiger partial charge in [0.2, 0.25) is 5.91 Å². The molecule has 0 aromatic heterocycles. The Kier molecular flexibility index (Phi) is 3.94. The summed E-state index contributed by atoms with van der Waals surface area (Å²) in [4.78, 5) is 24.0. The van der Waals surface area contributed by atoms with Gasteiger partial charge in [-0.3, -0.25) is 9.59 Å². The molecule has 1 fully saturated rings. The minimum Gasteiger partial charge on any atom is -0.465 e. The van der Waals surface area contributed by atoms with Crippen LogP contribution in [-0.2, 0) is 14.3 Å². The summed E-state index contributed by atoms with van der Waals surface area (Å²) in [5.41, 5.74) is 0.710. The third-order valence-corrected chi connectivity index (χ3v) is 3.78. The van der Waals surface area contributed by atoms with Gasteiger partial charge in [-0.15, -0.1) is 0 Å². The number of carbonyl (C=O) groups excluding carboxylic acids is 2. The Morgan fingerprint density at radius 2 is 2.11 bits per heavy atom. The van der Waals surface area contributed by atoms with Crippen LogP contribution in [0.1, 0.15) is 25.3 Å². The Morgan fingerprint density at radius 1 is 1.42 bits per heavy atom. The van der Waals surface area contributed by atoms with Crippen molar-refractivity contribution in [3.8, 4) is 0 Å². The molecule has 0 heterocycles. The van der Waals surface area contributed by atoms with Gasteiger partial charge in [0.1, 0.15) is 5.41 Å². The second-order valence-electron chi connectivity index (χ2n) is 4.72. The molecule has 0 spiro atoms. The number of ether oxygens (including phenoxy) is 1. The number of rotatable bonds is 4. The maximum absolute atomic E-state index is 12.2.